The number of ether oxygens (including phenoxy) is 1. The maximum atomic E-state index is 14.7. The maximum absolute atomic E-state index is 14.7. The molecule has 0 spiro atoms. The van der Waals surface area contributed by atoms with Crippen molar-refractivity contribution in [1.29, 1.82) is 0 Å². The third kappa shape index (κ3) is 9.02. The number of anilines is 1. The zero-order chi connectivity index (χ0) is 34.8. The minimum atomic E-state index is -4.33. The quantitative estimate of drug-likeness (QED) is 0.129. The maximum Gasteiger partial charge on any atom is 0.269 e. The van der Waals surface area contributed by atoms with Gasteiger partial charge in [0.05, 0.1) is 22.6 Å². The number of hydrogen-bond donors (Lipinski definition) is 1. The van der Waals surface area contributed by atoms with E-state index in [1.165, 1.54) is 48.4 Å². The van der Waals surface area contributed by atoms with E-state index in [4.69, 9.17) is 4.74 Å². The van der Waals surface area contributed by atoms with Crippen LogP contribution in [0, 0.1) is 10.1 Å². The van der Waals surface area contributed by atoms with Crippen LogP contribution in [0.2, 0.25) is 0 Å². The van der Waals surface area contributed by atoms with Crippen LogP contribution in [0.3, 0.4) is 0 Å². The van der Waals surface area contributed by atoms with E-state index in [0.29, 0.717) is 11.3 Å². The highest BCUT2D eigenvalue weighted by atomic mass is 32.2. The number of methoxy groups -OCH3 is 1. The number of amides is 2. The summed E-state index contributed by atoms with van der Waals surface area (Å²) in [5, 5.41) is 14.6. The number of nitrogens with zero attached hydrogens (tertiary/aromatic N) is 3. The van der Waals surface area contributed by atoms with Crippen molar-refractivity contribution in [3.63, 3.8) is 0 Å². The van der Waals surface area contributed by atoms with E-state index in [2.05, 4.69) is 5.32 Å². The van der Waals surface area contributed by atoms with E-state index in [0.717, 1.165) is 42.0 Å². The molecule has 1 fully saturated rings. The zero-order valence-corrected chi connectivity index (χ0v) is 28.1. The molecule has 11 nitrogen and oxygen atoms in total. The Bertz CT molecular complexity index is 1830. The molecule has 0 heterocycles. The molecule has 4 aromatic carbocycles. The number of carbonyl (C=O) groups excluding carboxylic acids is 2. The van der Waals surface area contributed by atoms with Crippen LogP contribution in [-0.2, 0) is 32.6 Å². The molecule has 0 unspecified atom stereocenters. The van der Waals surface area contributed by atoms with Crippen LogP contribution in [0.4, 0.5) is 11.4 Å². The number of nitro groups is 1. The van der Waals surface area contributed by atoms with Gasteiger partial charge in [-0.1, -0.05) is 79.9 Å². The summed E-state index contributed by atoms with van der Waals surface area (Å²) in [7, 11) is -2.80. The average Bonchev–Trinajstić information content (AvgIpc) is 3.13. The molecule has 1 N–H and O–H groups in total. The minimum absolute atomic E-state index is 0.00882. The molecular formula is C37H40N4O7S. The van der Waals surface area contributed by atoms with Crippen molar-refractivity contribution < 1.29 is 27.7 Å². The minimum Gasteiger partial charge on any atom is -0.497 e. The molecule has 0 radical (unpaired) electrons. The lowest BCUT2D eigenvalue weighted by atomic mass is 9.94. The van der Waals surface area contributed by atoms with Crippen LogP contribution >= 0.6 is 0 Å². The van der Waals surface area contributed by atoms with Crippen molar-refractivity contribution in [2.75, 3.05) is 18.0 Å². The van der Waals surface area contributed by atoms with Crippen LogP contribution < -0.4 is 14.4 Å². The van der Waals surface area contributed by atoms with Gasteiger partial charge in [0, 0.05) is 31.1 Å². The highest BCUT2D eigenvalue weighted by Crippen LogP contribution is 2.27. The van der Waals surface area contributed by atoms with Gasteiger partial charge in [0.15, 0.2) is 0 Å². The second-order valence-corrected chi connectivity index (χ2v) is 13.9. The molecule has 0 aromatic heterocycles. The number of benzene rings is 4. The van der Waals surface area contributed by atoms with Crippen LogP contribution in [0.15, 0.2) is 114 Å². The topological polar surface area (TPSA) is 139 Å². The first kappa shape index (κ1) is 35.1. The highest BCUT2D eigenvalue weighted by Gasteiger charge is 2.35. The number of rotatable bonds is 14. The first-order valence-corrected chi connectivity index (χ1v) is 17.7. The van der Waals surface area contributed by atoms with Crippen LogP contribution in [0.25, 0.3) is 0 Å². The Morgan fingerprint density at radius 2 is 1.51 bits per heavy atom. The lowest BCUT2D eigenvalue weighted by Crippen LogP contribution is -2.55. The third-order valence-electron chi connectivity index (χ3n) is 8.67. The molecule has 49 heavy (non-hydrogen) atoms. The van der Waals surface area contributed by atoms with Gasteiger partial charge in [-0.2, -0.15) is 0 Å². The third-order valence-corrected chi connectivity index (χ3v) is 10.5. The summed E-state index contributed by atoms with van der Waals surface area (Å²) in [6.45, 7) is -0.674. The number of nitro benzene ring substituents is 1. The molecule has 1 atom stereocenters. The van der Waals surface area contributed by atoms with Gasteiger partial charge in [-0.05, 0) is 60.4 Å². The lowest BCUT2D eigenvalue weighted by Gasteiger charge is -2.35. The molecule has 0 saturated heterocycles. The predicted octanol–water partition coefficient (Wildman–Crippen LogP) is 5.89. The predicted molar refractivity (Wildman–Crippen MR) is 187 cm³/mol. The number of sulfonamides is 1. The van der Waals surface area contributed by atoms with Gasteiger partial charge >= 0.3 is 0 Å². The molecule has 12 heteroatoms. The van der Waals surface area contributed by atoms with Crippen molar-refractivity contribution in [2.24, 2.45) is 0 Å². The summed E-state index contributed by atoms with van der Waals surface area (Å²) in [6, 6.07) is 28.2. The normalized spacial score (nSPS) is 14.0. The summed E-state index contributed by atoms with van der Waals surface area (Å²) < 4.78 is 34.6. The van der Waals surface area contributed by atoms with Gasteiger partial charge < -0.3 is 15.0 Å². The zero-order valence-electron chi connectivity index (χ0n) is 27.3. The molecule has 1 saturated carbocycles. The van der Waals surface area contributed by atoms with Crippen LogP contribution in [0.1, 0.15) is 43.2 Å². The number of hydrogen-bond acceptors (Lipinski definition) is 7. The molecule has 0 bridgehead atoms. The molecule has 2 amide bonds. The molecule has 1 aliphatic carbocycles. The van der Waals surface area contributed by atoms with E-state index in [1.807, 2.05) is 36.4 Å². The first-order valence-electron chi connectivity index (χ1n) is 16.2. The summed E-state index contributed by atoms with van der Waals surface area (Å²) in [5.74, 6) is -0.379. The van der Waals surface area contributed by atoms with Gasteiger partial charge in [-0.25, -0.2) is 8.42 Å². The van der Waals surface area contributed by atoms with Crippen molar-refractivity contribution in [3.8, 4) is 5.75 Å². The van der Waals surface area contributed by atoms with Gasteiger partial charge in [0.1, 0.15) is 18.3 Å². The van der Waals surface area contributed by atoms with Crippen LogP contribution in [0.5, 0.6) is 5.75 Å². The second kappa shape index (κ2) is 16.2. The number of nitrogens with one attached hydrogen (secondary N) is 1. The summed E-state index contributed by atoms with van der Waals surface area (Å²) >= 11 is 0. The molecule has 5 rings (SSSR count). The van der Waals surface area contributed by atoms with E-state index in [1.54, 1.807) is 36.4 Å². The number of non-ortho nitro benzene ring substituents is 1. The number of carbonyl (C=O) groups is 2. The second-order valence-electron chi connectivity index (χ2n) is 12.0. The average molecular weight is 685 g/mol. The fraction of sp³-hybridized carbons (Fsp3) is 0.297. The highest BCUT2D eigenvalue weighted by molar-refractivity contribution is 7.92. The summed E-state index contributed by atoms with van der Waals surface area (Å²) in [5.41, 5.74) is 1.35. The van der Waals surface area contributed by atoms with Crippen molar-refractivity contribution in [1.82, 2.24) is 10.2 Å². The fourth-order valence-electron chi connectivity index (χ4n) is 6.05. The summed E-state index contributed by atoms with van der Waals surface area (Å²) in [6.07, 6.45) is 4.99. The Labute approximate surface area is 286 Å². The van der Waals surface area contributed by atoms with E-state index < -0.39 is 33.4 Å². The monoisotopic (exact) mass is 684 g/mol. The molecular weight excluding hydrogens is 644 g/mol. The van der Waals surface area contributed by atoms with Gasteiger partial charge in [0.2, 0.25) is 11.8 Å². The SMILES string of the molecule is COc1cccc(CN(C(=O)CN(c2ccc([N+](=O)[O-])cc2)S(=O)(=O)c2ccccc2)[C@H](Cc2ccccc2)C(=O)NC2CCCCC2)c1. The Balaban J connectivity index is 1.57. The van der Waals surface area contributed by atoms with E-state index in [9.17, 15) is 28.1 Å². The standard InChI is InChI=1S/C37H40N4O7S/c1-48-33-17-11-14-29(24-33)26-39(35(25-28-12-5-2-6-13-28)37(43)38-30-15-7-3-8-16-30)36(42)27-40(31-20-22-32(23-21-31)41(44)45)49(46,47)34-18-9-4-10-19-34/h2,4-6,9-14,17-24,30,35H,3,7-8,15-16,25-27H2,1H3,(H,38,43)/t35-/m1/s1. The largest absolute Gasteiger partial charge is 0.497 e. The molecule has 1 aliphatic rings. The van der Waals surface area contributed by atoms with Gasteiger partial charge in [-0.15, -0.1) is 0 Å². The smallest absolute Gasteiger partial charge is 0.269 e. The Morgan fingerprint density at radius 3 is 2.14 bits per heavy atom. The van der Waals surface area contributed by atoms with E-state index >= 15 is 0 Å². The van der Waals surface area contributed by atoms with Crippen molar-refractivity contribution in [2.45, 2.75) is 62.0 Å². The summed E-state index contributed by atoms with van der Waals surface area (Å²) in [4.78, 5) is 41.1. The van der Waals surface area contributed by atoms with Crippen LogP contribution in [-0.4, -0.2) is 55.8 Å². The van der Waals surface area contributed by atoms with Gasteiger partial charge in [0.25, 0.3) is 15.7 Å². The van der Waals surface area contributed by atoms with Crippen molar-refractivity contribution in [3.05, 3.63) is 130 Å². The Morgan fingerprint density at radius 1 is 0.878 bits per heavy atom. The van der Waals surface area contributed by atoms with Crippen molar-refractivity contribution >= 4 is 33.2 Å². The lowest BCUT2D eigenvalue weighted by molar-refractivity contribution is -0.384. The molecule has 256 valence electrons. The van der Waals surface area contributed by atoms with E-state index in [-0.39, 0.29) is 41.2 Å². The first-order chi connectivity index (χ1) is 23.7. The molecule has 0 aliphatic heterocycles. The van der Waals surface area contributed by atoms with Gasteiger partial charge in [-0.3, -0.25) is 24.0 Å². The fourth-order valence-corrected chi connectivity index (χ4v) is 7.49. The molecule has 4 aromatic rings. The Hall–Kier alpha value is -5.23. The Kier molecular flexibility index (Phi) is 11.6.